The molecule has 0 saturated heterocycles. The van der Waals surface area contributed by atoms with Crippen molar-refractivity contribution in [2.45, 2.75) is 32.4 Å². The molecule has 0 fully saturated rings. The van der Waals surface area contributed by atoms with Crippen LogP contribution < -0.4 is 10.6 Å². The number of anilines is 1. The standard InChI is InChI=1S/C17H17N3O3S/c1-9-6-7-11-13(8-9)24-17-14(11)16(21)18-15(19-17)10-4-2-3-5-12(10)20(22)23/h2-5,9,15,19H,6-8H2,1H3,(H,18,21). The first kappa shape index (κ1) is 15.1. The molecule has 1 aliphatic heterocycles. The normalized spacial score (nSPS) is 22.1. The average Bonchev–Trinajstić information content (AvgIpc) is 2.92. The van der Waals surface area contributed by atoms with Crippen LogP contribution in [0.15, 0.2) is 24.3 Å². The van der Waals surface area contributed by atoms with E-state index < -0.39 is 11.1 Å². The van der Waals surface area contributed by atoms with Crippen molar-refractivity contribution < 1.29 is 9.72 Å². The quantitative estimate of drug-likeness (QED) is 0.644. The second kappa shape index (κ2) is 5.59. The Morgan fingerprint density at radius 1 is 1.29 bits per heavy atom. The number of hydrogen-bond donors (Lipinski definition) is 2. The minimum atomic E-state index is -0.580. The molecular formula is C17H17N3O3S. The number of nitrogens with zero attached hydrogens (tertiary/aromatic N) is 1. The molecule has 0 saturated carbocycles. The molecule has 1 aromatic heterocycles. The molecule has 124 valence electrons. The number of para-hydroxylation sites is 1. The third-order valence-electron chi connectivity index (χ3n) is 4.73. The fourth-order valence-electron chi connectivity index (χ4n) is 3.52. The number of benzene rings is 1. The van der Waals surface area contributed by atoms with Gasteiger partial charge in [-0.2, -0.15) is 0 Å². The predicted octanol–water partition coefficient (Wildman–Crippen LogP) is 3.64. The number of hydrogen-bond acceptors (Lipinski definition) is 5. The first-order chi connectivity index (χ1) is 11.5. The van der Waals surface area contributed by atoms with E-state index in [1.54, 1.807) is 29.5 Å². The predicted molar refractivity (Wildman–Crippen MR) is 92.4 cm³/mol. The summed E-state index contributed by atoms with van der Waals surface area (Å²) in [5, 5.41) is 18.3. The van der Waals surface area contributed by atoms with Crippen molar-refractivity contribution in [2.24, 2.45) is 5.92 Å². The minimum absolute atomic E-state index is 0.00805. The van der Waals surface area contributed by atoms with E-state index in [9.17, 15) is 14.9 Å². The van der Waals surface area contributed by atoms with Crippen molar-refractivity contribution >= 4 is 27.9 Å². The highest BCUT2D eigenvalue weighted by atomic mass is 32.1. The number of rotatable bonds is 2. The summed E-state index contributed by atoms with van der Waals surface area (Å²) in [6, 6.07) is 6.51. The Hall–Kier alpha value is -2.41. The summed E-state index contributed by atoms with van der Waals surface area (Å²) in [4.78, 5) is 24.8. The molecule has 0 spiro atoms. The molecule has 4 rings (SSSR count). The van der Waals surface area contributed by atoms with Crippen LogP contribution in [0.1, 0.15) is 45.9 Å². The summed E-state index contributed by atoms with van der Waals surface area (Å²) in [5.74, 6) is 0.491. The van der Waals surface area contributed by atoms with E-state index in [-0.39, 0.29) is 11.6 Å². The van der Waals surface area contributed by atoms with Crippen LogP contribution in [-0.4, -0.2) is 10.8 Å². The van der Waals surface area contributed by atoms with E-state index in [1.165, 1.54) is 10.9 Å². The second-order valence-corrected chi connectivity index (χ2v) is 7.53. The van der Waals surface area contributed by atoms with Crippen LogP contribution in [-0.2, 0) is 12.8 Å². The summed E-state index contributed by atoms with van der Waals surface area (Å²) in [6.07, 6.45) is 2.44. The lowest BCUT2D eigenvalue weighted by molar-refractivity contribution is -0.385. The van der Waals surface area contributed by atoms with E-state index in [0.29, 0.717) is 11.5 Å². The SMILES string of the molecule is CC1CCc2c(sc3c2C(=O)NC(c2ccccc2[N+](=O)[O-])N3)C1. The van der Waals surface area contributed by atoms with Gasteiger partial charge in [-0.15, -0.1) is 11.3 Å². The lowest BCUT2D eigenvalue weighted by atomic mass is 9.88. The molecule has 6 nitrogen and oxygen atoms in total. The van der Waals surface area contributed by atoms with Gasteiger partial charge in [0.05, 0.1) is 16.1 Å². The van der Waals surface area contributed by atoms with Gasteiger partial charge in [-0.3, -0.25) is 14.9 Å². The maximum Gasteiger partial charge on any atom is 0.276 e. The number of nitro benzene ring substituents is 1. The topological polar surface area (TPSA) is 84.3 Å². The summed E-state index contributed by atoms with van der Waals surface area (Å²) in [7, 11) is 0. The van der Waals surface area contributed by atoms with E-state index in [2.05, 4.69) is 17.6 Å². The van der Waals surface area contributed by atoms with Gasteiger partial charge in [0.2, 0.25) is 0 Å². The average molecular weight is 343 g/mol. The van der Waals surface area contributed by atoms with Crippen LogP contribution in [0.25, 0.3) is 0 Å². The van der Waals surface area contributed by atoms with Gasteiger partial charge in [-0.1, -0.05) is 19.1 Å². The van der Waals surface area contributed by atoms with Crippen LogP contribution in [0.2, 0.25) is 0 Å². The number of fused-ring (bicyclic) bond motifs is 3. The number of carbonyl (C=O) groups is 1. The zero-order valence-corrected chi connectivity index (χ0v) is 14.0. The van der Waals surface area contributed by atoms with Gasteiger partial charge >= 0.3 is 0 Å². The van der Waals surface area contributed by atoms with Crippen LogP contribution in [0.3, 0.4) is 0 Å². The van der Waals surface area contributed by atoms with Crippen molar-refractivity contribution in [2.75, 3.05) is 5.32 Å². The smallest absolute Gasteiger partial charge is 0.276 e. The van der Waals surface area contributed by atoms with E-state index in [1.807, 2.05) is 0 Å². The highest BCUT2D eigenvalue weighted by Gasteiger charge is 2.34. The Kier molecular flexibility index (Phi) is 3.53. The Bertz CT molecular complexity index is 846. The van der Waals surface area contributed by atoms with Gasteiger partial charge in [-0.25, -0.2) is 0 Å². The third kappa shape index (κ3) is 2.36. The molecule has 0 radical (unpaired) electrons. The van der Waals surface area contributed by atoms with Gasteiger partial charge in [0.1, 0.15) is 11.2 Å². The van der Waals surface area contributed by atoms with Gasteiger partial charge < -0.3 is 10.6 Å². The molecule has 1 amide bonds. The number of thiophene rings is 1. The monoisotopic (exact) mass is 343 g/mol. The Balaban J connectivity index is 1.73. The van der Waals surface area contributed by atoms with E-state index in [0.717, 1.165) is 35.4 Å². The van der Waals surface area contributed by atoms with Gasteiger partial charge in [-0.05, 0) is 36.8 Å². The summed E-state index contributed by atoms with van der Waals surface area (Å²) in [6.45, 7) is 2.23. The number of nitro groups is 1. The molecule has 1 aromatic carbocycles. The lowest BCUT2D eigenvalue weighted by Crippen LogP contribution is -2.38. The van der Waals surface area contributed by atoms with Crippen LogP contribution in [0.5, 0.6) is 0 Å². The van der Waals surface area contributed by atoms with Crippen molar-refractivity contribution in [1.82, 2.24) is 5.32 Å². The molecule has 2 aromatic rings. The van der Waals surface area contributed by atoms with Crippen LogP contribution in [0.4, 0.5) is 10.7 Å². The molecule has 0 bridgehead atoms. The first-order valence-corrected chi connectivity index (χ1v) is 8.81. The zero-order valence-electron chi connectivity index (χ0n) is 13.2. The number of amides is 1. The molecule has 2 heterocycles. The fourth-order valence-corrected chi connectivity index (χ4v) is 4.95. The molecule has 2 atom stereocenters. The van der Waals surface area contributed by atoms with E-state index >= 15 is 0 Å². The molecule has 2 N–H and O–H groups in total. The Morgan fingerprint density at radius 2 is 2.08 bits per heavy atom. The maximum absolute atomic E-state index is 12.7. The largest absolute Gasteiger partial charge is 0.352 e. The van der Waals surface area contributed by atoms with Gasteiger partial charge in [0, 0.05) is 10.9 Å². The zero-order chi connectivity index (χ0) is 16.8. The summed E-state index contributed by atoms with van der Waals surface area (Å²) in [5.41, 5.74) is 2.37. The van der Waals surface area contributed by atoms with E-state index in [4.69, 9.17) is 0 Å². The molecule has 1 aliphatic carbocycles. The second-order valence-electron chi connectivity index (χ2n) is 6.42. The van der Waals surface area contributed by atoms with Crippen molar-refractivity contribution in [1.29, 1.82) is 0 Å². The highest BCUT2D eigenvalue weighted by Crippen LogP contribution is 2.43. The fraction of sp³-hybridized carbons (Fsp3) is 0.353. The molecular weight excluding hydrogens is 326 g/mol. The summed E-state index contributed by atoms with van der Waals surface area (Å²) < 4.78 is 0. The Morgan fingerprint density at radius 3 is 2.88 bits per heavy atom. The Labute approximate surface area is 143 Å². The number of nitrogens with one attached hydrogen (secondary N) is 2. The molecule has 2 aliphatic rings. The van der Waals surface area contributed by atoms with Crippen molar-refractivity contribution in [3.63, 3.8) is 0 Å². The van der Waals surface area contributed by atoms with Crippen molar-refractivity contribution in [3.8, 4) is 0 Å². The third-order valence-corrected chi connectivity index (χ3v) is 5.92. The molecule has 2 unspecified atom stereocenters. The highest BCUT2D eigenvalue weighted by molar-refractivity contribution is 7.16. The van der Waals surface area contributed by atoms with Crippen LogP contribution >= 0.6 is 11.3 Å². The maximum atomic E-state index is 12.7. The molecule has 7 heteroatoms. The van der Waals surface area contributed by atoms with Crippen molar-refractivity contribution in [3.05, 3.63) is 55.9 Å². The summed E-state index contributed by atoms with van der Waals surface area (Å²) >= 11 is 1.62. The minimum Gasteiger partial charge on any atom is -0.352 e. The van der Waals surface area contributed by atoms with Crippen LogP contribution in [0, 0.1) is 16.0 Å². The number of carbonyl (C=O) groups excluding carboxylic acids is 1. The van der Waals surface area contributed by atoms with Gasteiger partial charge in [0.25, 0.3) is 11.6 Å². The molecule has 24 heavy (non-hydrogen) atoms. The first-order valence-electron chi connectivity index (χ1n) is 8.00. The van der Waals surface area contributed by atoms with Gasteiger partial charge in [0.15, 0.2) is 0 Å². The lowest BCUT2D eigenvalue weighted by Gasteiger charge is -2.26.